The van der Waals surface area contributed by atoms with Crippen molar-refractivity contribution in [1.82, 2.24) is 34.5 Å². The molecule has 0 amide bonds. The van der Waals surface area contributed by atoms with Gasteiger partial charge in [-0.25, -0.2) is 24.3 Å². The molecular formula is C21H24Cl2N8O3. The van der Waals surface area contributed by atoms with Crippen LogP contribution < -0.4 is 4.73 Å². The summed E-state index contributed by atoms with van der Waals surface area (Å²) in [6.07, 6.45) is 10.5. The topological polar surface area (TPSA) is 120 Å². The van der Waals surface area contributed by atoms with Crippen molar-refractivity contribution in [3.8, 4) is 0 Å². The first-order valence-corrected chi connectivity index (χ1v) is 12.0. The predicted molar refractivity (Wildman–Crippen MR) is 124 cm³/mol. The molecule has 2 unspecified atom stereocenters. The van der Waals surface area contributed by atoms with E-state index >= 15 is 0 Å². The highest BCUT2D eigenvalue weighted by molar-refractivity contribution is 6.30. The summed E-state index contributed by atoms with van der Waals surface area (Å²) in [5, 5.41) is 20.7. The van der Waals surface area contributed by atoms with Gasteiger partial charge in [-0.2, -0.15) is 14.9 Å². The number of ether oxygens (including phenoxy) is 2. The Morgan fingerprint density at radius 2 is 1.56 bits per heavy atom. The first-order chi connectivity index (χ1) is 16.5. The minimum absolute atomic E-state index is 0.0330. The van der Waals surface area contributed by atoms with Gasteiger partial charge in [-0.05, 0) is 45.4 Å². The fraction of sp³-hybridized carbons (Fsp3) is 0.524. The highest BCUT2D eigenvalue weighted by Gasteiger charge is 2.23. The third-order valence-corrected chi connectivity index (χ3v) is 6.36. The van der Waals surface area contributed by atoms with Crippen molar-refractivity contribution in [2.45, 2.75) is 57.9 Å². The Bertz CT molecular complexity index is 1300. The van der Waals surface area contributed by atoms with Gasteiger partial charge in [-0.1, -0.05) is 23.2 Å². The Morgan fingerprint density at radius 3 is 2.21 bits per heavy atom. The molecule has 0 saturated carbocycles. The molecule has 6 rings (SSSR count). The molecule has 2 aliphatic rings. The number of nitrogens with zero attached hydrogens (tertiary/aromatic N) is 8. The van der Waals surface area contributed by atoms with Crippen molar-refractivity contribution in [1.29, 1.82) is 0 Å². The molecule has 180 valence electrons. The quantitative estimate of drug-likeness (QED) is 0.296. The number of aromatic nitrogens is 8. The van der Waals surface area contributed by atoms with Crippen LogP contribution in [0, 0.1) is 12.1 Å². The summed E-state index contributed by atoms with van der Waals surface area (Å²) in [5.74, 6) is 0. The third kappa shape index (κ3) is 4.65. The van der Waals surface area contributed by atoms with Gasteiger partial charge < -0.3 is 14.7 Å². The maximum Gasteiger partial charge on any atom is 0.281 e. The molecule has 0 N–H and O–H groups in total. The second kappa shape index (κ2) is 9.95. The Morgan fingerprint density at radius 1 is 0.912 bits per heavy atom. The van der Waals surface area contributed by atoms with Crippen molar-refractivity contribution in [2.75, 3.05) is 13.2 Å². The summed E-state index contributed by atoms with van der Waals surface area (Å²) in [6.45, 7) is 3.33. The maximum absolute atomic E-state index is 11.6. The molecule has 6 heterocycles. The predicted octanol–water partition coefficient (Wildman–Crippen LogP) is 3.90. The van der Waals surface area contributed by atoms with E-state index in [1.807, 2.05) is 6.92 Å². The SMILES string of the molecule is Cc1nc2cnn(C3CCCCO3)c2nc1Cl.[O-][n+]1cc(Cl)nc2c1cnn2C1CCCCO1. The van der Waals surface area contributed by atoms with E-state index in [1.54, 1.807) is 15.6 Å². The zero-order chi connectivity index (χ0) is 23.7. The van der Waals surface area contributed by atoms with Gasteiger partial charge in [-0.15, -0.1) is 0 Å². The molecule has 0 aliphatic carbocycles. The van der Waals surface area contributed by atoms with E-state index in [0.29, 0.717) is 33.3 Å². The molecule has 0 spiro atoms. The molecule has 2 aliphatic heterocycles. The van der Waals surface area contributed by atoms with E-state index in [4.69, 9.17) is 32.7 Å². The zero-order valence-corrected chi connectivity index (χ0v) is 20.1. The summed E-state index contributed by atoms with van der Waals surface area (Å²) in [5.41, 5.74) is 3.07. The van der Waals surface area contributed by atoms with Crippen molar-refractivity contribution in [3.05, 3.63) is 39.8 Å². The Labute approximate surface area is 205 Å². The van der Waals surface area contributed by atoms with Crippen LogP contribution in [0.1, 0.15) is 56.7 Å². The molecule has 11 nitrogen and oxygen atoms in total. The largest absolute Gasteiger partial charge is 0.618 e. The number of rotatable bonds is 2. The summed E-state index contributed by atoms with van der Waals surface area (Å²) < 4.78 is 15.4. The minimum atomic E-state index is -0.146. The smallest absolute Gasteiger partial charge is 0.281 e. The number of hydrogen-bond donors (Lipinski definition) is 0. The molecule has 2 fully saturated rings. The molecule has 0 radical (unpaired) electrons. The molecule has 2 saturated heterocycles. The highest BCUT2D eigenvalue weighted by Crippen LogP contribution is 2.26. The Balaban J connectivity index is 0.000000142. The van der Waals surface area contributed by atoms with Crippen LogP contribution in [0.25, 0.3) is 22.3 Å². The standard InChI is InChI=1S/C11H13ClN4O.C10H11ClN4O2/c1-7-10(12)15-11-8(14-7)6-13-16(11)9-4-2-3-5-17-9;11-8-6-14(16)7-5-12-15(10(7)13-8)9-3-1-2-4-17-9/h6,9H,2-5H2,1H3;5-6,9H,1-4H2. The van der Waals surface area contributed by atoms with E-state index in [-0.39, 0.29) is 17.6 Å². The van der Waals surface area contributed by atoms with Crippen LogP contribution in [0.5, 0.6) is 0 Å². The maximum atomic E-state index is 11.6. The average Bonchev–Trinajstić information content (AvgIpc) is 3.45. The van der Waals surface area contributed by atoms with Crippen LogP contribution in [-0.4, -0.2) is 47.7 Å². The van der Waals surface area contributed by atoms with Crippen molar-refractivity contribution < 1.29 is 14.2 Å². The van der Waals surface area contributed by atoms with Crippen molar-refractivity contribution >= 4 is 45.5 Å². The monoisotopic (exact) mass is 506 g/mol. The van der Waals surface area contributed by atoms with Gasteiger partial charge >= 0.3 is 0 Å². The lowest BCUT2D eigenvalue weighted by atomic mass is 10.2. The van der Waals surface area contributed by atoms with Gasteiger partial charge in [0.2, 0.25) is 11.8 Å². The van der Waals surface area contributed by atoms with Crippen LogP contribution in [0.3, 0.4) is 0 Å². The van der Waals surface area contributed by atoms with Crippen LogP contribution in [0.4, 0.5) is 0 Å². The molecule has 2 atom stereocenters. The molecule has 34 heavy (non-hydrogen) atoms. The number of fused-ring (bicyclic) bond motifs is 2. The van der Waals surface area contributed by atoms with E-state index in [1.165, 1.54) is 12.4 Å². The van der Waals surface area contributed by atoms with Crippen LogP contribution in [0.2, 0.25) is 10.3 Å². The van der Waals surface area contributed by atoms with Crippen molar-refractivity contribution in [3.63, 3.8) is 0 Å². The van der Waals surface area contributed by atoms with Gasteiger partial charge in [0.1, 0.15) is 11.7 Å². The minimum Gasteiger partial charge on any atom is -0.618 e. The van der Waals surface area contributed by atoms with E-state index in [0.717, 1.165) is 56.3 Å². The number of hydrogen-bond acceptors (Lipinski definition) is 8. The lowest BCUT2D eigenvalue weighted by Gasteiger charge is -2.22. The first kappa shape index (κ1) is 23.2. The summed E-state index contributed by atoms with van der Waals surface area (Å²) in [6, 6.07) is 0. The van der Waals surface area contributed by atoms with Gasteiger partial charge in [0.25, 0.3) is 5.52 Å². The Kier molecular flexibility index (Phi) is 6.77. The lowest BCUT2D eigenvalue weighted by Crippen LogP contribution is -2.27. The number of aryl methyl sites for hydroxylation is 1. The van der Waals surface area contributed by atoms with Crippen LogP contribution in [-0.2, 0) is 9.47 Å². The molecule has 4 aromatic heterocycles. The van der Waals surface area contributed by atoms with E-state index in [2.05, 4.69) is 25.1 Å². The van der Waals surface area contributed by atoms with Gasteiger partial charge in [-0.3, -0.25) is 0 Å². The molecule has 13 heteroatoms. The van der Waals surface area contributed by atoms with Crippen LogP contribution in [0.15, 0.2) is 18.6 Å². The molecule has 4 aromatic rings. The second-order valence-corrected chi connectivity index (χ2v) is 8.97. The molecule has 0 bridgehead atoms. The molecular weight excluding hydrogens is 483 g/mol. The first-order valence-electron chi connectivity index (χ1n) is 11.2. The summed E-state index contributed by atoms with van der Waals surface area (Å²) in [4.78, 5) is 12.8. The normalized spacial score (nSPS) is 20.9. The van der Waals surface area contributed by atoms with E-state index in [9.17, 15) is 5.21 Å². The fourth-order valence-electron chi connectivity index (χ4n) is 4.10. The molecule has 0 aromatic carbocycles. The van der Waals surface area contributed by atoms with Gasteiger partial charge in [0, 0.05) is 13.2 Å². The number of halogens is 2. The second-order valence-electron chi connectivity index (χ2n) is 8.23. The van der Waals surface area contributed by atoms with Gasteiger partial charge in [0.05, 0.1) is 11.9 Å². The highest BCUT2D eigenvalue weighted by atomic mass is 35.5. The summed E-state index contributed by atoms with van der Waals surface area (Å²) >= 11 is 11.8. The van der Waals surface area contributed by atoms with E-state index < -0.39 is 0 Å². The summed E-state index contributed by atoms with van der Waals surface area (Å²) in [7, 11) is 0. The Hall–Kier alpha value is -2.60. The zero-order valence-electron chi connectivity index (χ0n) is 18.6. The fourth-order valence-corrected chi connectivity index (χ4v) is 4.39. The third-order valence-electron chi connectivity index (χ3n) is 5.82. The van der Waals surface area contributed by atoms with Crippen molar-refractivity contribution in [2.24, 2.45) is 0 Å². The lowest BCUT2D eigenvalue weighted by molar-refractivity contribution is -0.577. The van der Waals surface area contributed by atoms with Crippen LogP contribution >= 0.6 is 23.2 Å². The van der Waals surface area contributed by atoms with Gasteiger partial charge in [0.15, 0.2) is 28.4 Å². The average molecular weight is 507 g/mol.